The van der Waals surface area contributed by atoms with Crippen LogP contribution in [0.1, 0.15) is 51.0 Å². The monoisotopic (exact) mass is 532 g/mol. The number of allylic oxidation sites excluding steroid dienone is 3. The van der Waals surface area contributed by atoms with E-state index in [1.807, 2.05) is 36.4 Å². The van der Waals surface area contributed by atoms with Crippen molar-refractivity contribution in [2.45, 2.75) is 25.9 Å². The highest BCUT2D eigenvalue weighted by Gasteiger charge is 2.43. The highest BCUT2D eigenvalue weighted by atomic mass is 16.5. The summed E-state index contributed by atoms with van der Waals surface area (Å²) in [7, 11) is 2.87. The third-order valence-electron chi connectivity index (χ3n) is 7.24. The van der Waals surface area contributed by atoms with E-state index in [0.29, 0.717) is 57.2 Å². The summed E-state index contributed by atoms with van der Waals surface area (Å²) in [4.78, 5) is 26.9. The average molecular weight is 533 g/mol. The van der Waals surface area contributed by atoms with Crippen LogP contribution in [0.25, 0.3) is 5.70 Å². The first-order valence-electron chi connectivity index (χ1n) is 12.8. The van der Waals surface area contributed by atoms with Crippen LogP contribution in [0.5, 0.6) is 11.5 Å². The fraction of sp³-hybridized carbons (Fsp3) is 0.182. The van der Waals surface area contributed by atoms with Gasteiger partial charge >= 0.3 is 5.97 Å². The van der Waals surface area contributed by atoms with Crippen LogP contribution < -0.4 is 14.8 Å². The zero-order chi connectivity index (χ0) is 28.4. The Morgan fingerprint density at radius 3 is 2.50 bits per heavy atom. The fourth-order valence-electron chi connectivity index (χ4n) is 5.42. The zero-order valence-corrected chi connectivity index (χ0v) is 22.5. The van der Waals surface area contributed by atoms with Crippen LogP contribution in [0.4, 0.5) is 0 Å². The van der Waals surface area contributed by atoms with Gasteiger partial charge in [-0.25, -0.2) is 4.79 Å². The third kappa shape index (κ3) is 4.44. The lowest BCUT2D eigenvalue weighted by Crippen LogP contribution is -2.29. The van der Waals surface area contributed by atoms with Crippen molar-refractivity contribution in [3.05, 3.63) is 124 Å². The molecule has 0 bridgehead atoms. The van der Waals surface area contributed by atoms with Crippen molar-refractivity contribution in [1.82, 2.24) is 5.32 Å². The standard InChI is InChI=1S/C33H28N2O5/c1-5-10-20-15-23(16-26(38-3)32(20)40-18-22-12-7-6-11-21(22)17-34)28-27(33(37)39-4)19(2)35-30-24-13-8-9-14-25(24)31(36)29(28)30/h5-9,11-16,28,35H,1,10,18H2,2-4H3/t28-/m1/s1. The van der Waals surface area contributed by atoms with Crippen LogP contribution in [0.15, 0.2) is 90.2 Å². The van der Waals surface area contributed by atoms with Crippen molar-refractivity contribution in [2.24, 2.45) is 0 Å². The topological polar surface area (TPSA) is 97.7 Å². The Hall–Kier alpha value is -5.09. The van der Waals surface area contributed by atoms with Gasteiger partial charge in [0.15, 0.2) is 17.3 Å². The van der Waals surface area contributed by atoms with Gasteiger partial charge in [0.1, 0.15) is 6.61 Å². The van der Waals surface area contributed by atoms with Crippen LogP contribution in [0.2, 0.25) is 0 Å². The molecule has 0 saturated carbocycles. The zero-order valence-electron chi connectivity index (χ0n) is 22.5. The molecule has 5 rings (SSSR count). The number of methoxy groups -OCH3 is 2. The molecule has 40 heavy (non-hydrogen) atoms. The smallest absolute Gasteiger partial charge is 0.336 e. The number of carbonyl (C=O) groups excluding carboxylic acids is 2. The van der Waals surface area contributed by atoms with Crippen LogP contribution >= 0.6 is 0 Å². The molecule has 200 valence electrons. The van der Waals surface area contributed by atoms with Gasteiger partial charge in [-0.2, -0.15) is 5.26 Å². The van der Waals surface area contributed by atoms with Crippen molar-refractivity contribution in [1.29, 1.82) is 5.26 Å². The summed E-state index contributed by atoms with van der Waals surface area (Å²) in [5.74, 6) is -0.426. The Bertz CT molecular complexity index is 1660. The van der Waals surface area contributed by atoms with Gasteiger partial charge in [-0.1, -0.05) is 54.6 Å². The lowest BCUT2D eigenvalue weighted by molar-refractivity contribution is -0.136. The van der Waals surface area contributed by atoms with Crippen LogP contribution in [0.3, 0.4) is 0 Å². The summed E-state index contributed by atoms with van der Waals surface area (Å²) in [6, 6.07) is 20.6. The Morgan fingerprint density at radius 1 is 1.07 bits per heavy atom. The van der Waals surface area contributed by atoms with E-state index in [4.69, 9.17) is 14.2 Å². The summed E-state index contributed by atoms with van der Waals surface area (Å²) >= 11 is 0. The Morgan fingerprint density at radius 2 is 1.80 bits per heavy atom. The average Bonchev–Trinajstić information content (AvgIpc) is 3.26. The second-order valence-corrected chi connectivity index (χ2v) is 9.51. The SMILES string of the molecule is C=CCc1cc([C@@H]2C(C(=O)OC)=C(C)NC3=C2C(=O)c2ccccc23)cc(OC)c1OCc1ccccc1C#N. The van der Waals surface area contributed by atoms with E-state index in [1.165, 1.54) is 7.11 Å². The third-order valence-corrected chi connectivity index (χ3v) is 7.24. The number of benzene rings is 3. The highest BCUT2D eigenvalue weighted by molar-refractivity contribution is 6.23. The van der Waals surface area contributed by atoms with Gasteiger partial charge in [-0.05, 0) is 31.0 Å². The number of hydrogen-bond acceptors (Lipinski definition) is 7. The molecule has 1 aliphatic carbocycles. The first kappa shape index (κ1) is 26.5. The number of Topliss-reactive ketones (excluding diaryl/α,β-unsaturated/α-hetero) is 1. The molecule has 7 heteroatoms. The summed E-state index contributed by atoms with van der Waals surface area (Å²) in [6.07, 6.45) is 2.20. The molecular weight excluding hydrogens is 504 g/mol. The minimum Gasteiger partial charge on any atom is -0.493 e. The van der Waals surface area contributed by atoms with Gasteiger partial charge in [0.25, 0.3) is 0 Å². The fourth-order valence-corrected chi connectivity index (χ4v) is 5.42. The largest absolute Gasteiger partial charge is 0.493 e. The number of nitrogens with one attached hydrogen (secondary N) is 1. The summed E-state index contributed by atoms with van der Waals surface area (Å²) in [6.45, 7) is 5.87. The summed E-state index contributed by atoms with van der Waals surface area (Å²) in [5, 5.41) is 12.8. The molecule has 1 heterocycles. The maximum absolute atomic E-state index is 13.8. The second kappa shape index (κ2) is 11.0. The molecule has 7 nitrogen and oxygen atoms in total. The minimum atomic E-state index is -0.700. The number of esters is 1. The van der Waals surface area contributed by atoms with E-state index >= 15 is 0 Å². The predicted octanol–water partition coefficient (Wildman–Crippen LogP) is 5.62. The molecule has 1 atom stereocenters. The molecule has 1 aliphatic heterocycles. The Balaban J connectivity index is 1.65. The molecule has 0 radical (unpaired) electrons. The van der Waals surface area contributed by atoms with Crippen molar-refractivity contribution in [3.63, 3.8) is 0 Å². The maximum atomic E-state index is 13.8. The van der Waals surface area contributed by atoms with Gasteiger partial charge in [-0.3, -0.25) is 4.79 Å². The van der Waals surface area contributed by atoms with Crippen molar-refractivity contribution in [3.8, 4) is 17.6 Å². The molecule has 3 aromatic carbocycles. The van der Waals surface area contributed by atoms with E-state index in [0.717, 1.165) is 16.7 Å². The molecule has 0 amide bonds. The second-order valence-electron chi connectivity index (χ2n) is 9.51. The van der Waals surface area contributed by atoms with E-state index in [9.17, 15) is 14.9 Å². The highest BCUT2D eigenvalue weighted by Crippen LogP contribution is 2.48. The van der Waals surface area contributed by atoms with Gasteiger partial charge in [0, 0.05) is 39.4 Å². The number of nitrogens with zero attached hydrogens (tertiary/aromatic N) is 1. The van der Waals surface area contributed by atoms with Crippen molar-refractivity contribution in [2.75, 3.05) is 14.2 Å². The number of ketones is 1. The molecule has 0 aromatic heterocycles. The molecule has 0 unspecified atom stereocenters. The van der Waals surface area contributed by atoms with E-state index in [2.05, 4.69) is 18.0 Å². The first-order chi connectivity index (χ1) is 19.4. The molecule has 0 spiro atoms. The predicted molar refractivity (Wildman–Crippen MR) is 151 cm³/mol. The van der Waals surface area contributed by atoms with Gasteiger partial charge in [0.2, 0.25) is 0 Å². The summed E-state index contributed by atoms with van der Waals surface area (Å²) in [5.41, 5.74) is 6.24. The van der Waals surface area contributed by atoms with Gasteiger partial charge in [0.05, 0.1) is 37.1 Å². The minimum absolute atomic E-state index is 0.144. The summed E-state index contributed by atoms with van der Waals surface area (Å²) < 4.78 is 17.2. The lowest BCUT2D eigenvalue weighted by atomic mass is 9.79. The molecule has 0 saturated heterocycles. The molecule has 3 aromatic rings. The number of ether oxygens (including phenoxy) is 3. The van der Waals surface area contributed by atoms with Gasteiger partial charge < -0.3 is 19.5 Å². The number of nitriles is 1. The molecular formula is C33H28N2O5. The number of hydrogen-bond donors (Lipinski definition) is 1. The normalized spacial score (nSPS) is 15.6. The molecule has 2 aliphatic rings. The maximum Gasteiger partial charge on any atom is 0.336 e. The molecule has 0 fully saturated rings. The number of dihydropyridines is 1. The van der Waals surface area contributed by atoms with Crippen LogP contribution in [-0.2, 0) is 22.6 Å². The first-order valence-corrected chi connectivity index (χ1v) is 12.8. The van der Waals surface area contributed by atoms with Crippen molar-refractivity contribution >= 4 is 17.4 Å². The lowest BCUT2D eigenvalue weighted by Gasteiger charge is -2.30. The van der Waals surface area contributed by atoms with Crippen LogP contribution in [-0.4, -0.2) is 26.0 Å². The number of fused-ring (bicyclic) bond motifs is 2. The Labute approximate surface area is 233 Å². The Kier molecular flexibility index (Phi) is 7.26. The van der Waals surface area contributed by atoms with E-state index in [-0.39, 0.29) is 12.4 Å². The van der Waals surface area contributed by atoms with Crippen molar-refractivity contribution < 1.29 is 23.8 Å². The number of rotatable bonds is 8. The van der Waals surface area contributed by atoms with E-state index in [1.54, 1.807) is 44.4 Å². The van der Waals surface area contributed by atoms with Gasteiger partial charge in [-0.15, -0.1) is 6.58 Å². The molecule has 1 N–H and O–H groups in total. The quantitative estimate of drug-likeness (QED) is 0.297. The van der Waals surface area contributed by atoms with E-state index < -0.39 is 11.9 Å². The van der Waals surface area contributed by atoms with Crippen LogP contribution in [0, 0.1) is 11.3 Å². The number of carbonyl (C=O) groups is 2.